The number of methoxy groups -OCH3 is 2. The van der Waals surface area contributed by atoms with Gasteiger partial charge in [0, 0.05) is 28.0 Å². The van der Waals surface area contributed by atoms with Crippen LogP contribution in [0.2, 0.25) is 0 Å². The topological polar surface area (TPSA) is 122 Å². The number of ether oxygens (including phenoxy) is 4. The summed E-state index contributed by atoms with van der Waals surface area (Å²) in [6, 6.07) is 14.8. The minimum Gasteiger partial charge on any atom is -0.497 e. The second-order valence-electron chi connectivity index (χ2n) is 10.2. The third kappa shape index (κ3) is 3.78. The van der Waals surface area contributed by atoms with Crippen molar-refractivity contribution in [2.24, 2.45) is 0 Å². The Hall–Kier alpha value is -4.83. The molecule has 41 heavy (non-hydrogen) atoms. The Morgan fingerprint density at radius 3 is 2.63 bits per heavy atom. The molecule has 2 aliphatic heterocycles. The molecule has 0 saturated heterocycles. The van der Waals surface area contributed by atoms with E-state index >= 15 is 0 Å². The summed E-state index contributed by atoms with van der Waals surface area (Å²) in [4.78, 5) is 30.6. The van der Waals surface area contributed by atoms with E-state index < -0.39 is 11.6 Å². The Kier molecular flexibility index (Phi) is 5.58. The summed E-state index contributed by atoms with van der Waals surface area (Å²) in [5.74, 6) is 1.78. The van der Waals surface area contributed by atoms with Crippen molar-refractivity contribution in [1.29, 1.82) is 0 Å². The number of rotatable bonds is 6. The van der Waals surface area contributed by atoms with Crippen LogP contribution in [0.3, 0.4) is 0 Å². The Labute approximate surface area is 233 Å². The number of benzene rings is 2. The van der Waals surface area contributed by atoms with Gasteiger partial charge in [-0.3, -0.25) is 4.79 Å². The molecule has 1 N–H and O–H groups in total. The zero-order chi connectivity index (χ0) is 28.5. The van der Waals surface area contributed by atoms with Gasteiger partial charge in [0.1, 0.15) is 30.5 Å². The number of esters is 1. The van der Waals surface area contributed by atoms with E-state index in [0.717, 1.165) is 21.9 Å². The fourth-order valence-corrected chi connectivity index (χ4v) is 5.70. The summed E-state index contributed by atoms with van der Waals surface area (Å²) in [5, 5.41) is 12.8. The Balaban J connectivity index is 1.20. The number of carbonyl (C=O) groups excluding carboxylic acids is 1. The quantitative estimate of drug-likeness (QED) is 0.298. The van der Waals surface area contributed by atoms with E-state index in [-0.39, 0.29) is 25.2 Å². The largest absolute Gasteiger partial charge is 0.497 e. The average Bonchev–Trinajstić information content (AvgIpc) is 3.57. The molecule has 7 rings (SSSR count). The first-order valence-corrected chi connectivity index (χ1v) is 13.2. The first kappa shape index (κ1) is 25.2. The van der Waals surface area contributed by atoms with Crippen molar-refractivity contribution in [2.75, 3.05) is 14.2 Å². The van der Waals surface area contributed by atoms with Gasteiger partial charge in [0.25, 0.3) is 5.56 Å². The standard InChI is InChI=1S/C31H26N2O8/c1-4-31(36)23-12-25-27-18(13-33(25)29(34)22(23)15-40-30(31)35)7-16-8-19(5-6-24(16)32-27)39-14-21-10-17-9-20(37-2)11-26(38-3)28(17)41-21/h5-12,36H,4,13-15H2,1-3H3/t31-/m0/s1. The molecular weight excluding hydrogens is 528 g/mol. The highest BCUT2D eigenvalue weighted by atomic mass is 16.6. The second-order valence-corrected chi connectivity index (χ2v) is 10.2. The lowest BCUT2D eigenvalue weighted by atomic mass is 9.86. The number of cyclic esters (lactones) is 1. The van der Waals surface area contributed by atoms with Crippen LogP contribution < -0.4 is 19.8 Å². The fourth-order valence-electron chi connectivity index (χ4n) is 5.70. The molecule has 2 aromatic carbocycles. The van der Waals surface area contributed by atoms with Crippen molar-refractivity contribution in [3.63, 3.8) is 0 Å². The van der Waals surface area contributed by atoms with E-state index in [4.69, 9.17) is 28.3 Å². The zero-order valence-electron chi connectivity index (χ0n) is 22.6. The Morgan fingerprint density at radius 1 is 1.02 bits per heavy atom. The number of aliphatic hydroxyl groups is 1. The van der Waals surface area contributed by atoms with E-state index in [1.54, 1.807) is 37.8 Å². The Bertz CT molecular complexity index is 1960. The molecule has 0 unspecified atom stereocenters. The molecule has 0 amide bonds. The third-order valence-electron chi connectivity index (χ3n) is 7.92. The minimum absolute atomic E-state index is 0.0955. The summed E-state index contributed by atoms with van der Waals surface area (Å²) >= 11 is 0. The predicted molar refractivity (Wildman–Crippen MR) is 148 cm³/mol. The highest BCUT2D eigenvalue weighted by Crippen LogP contribution is 2.39. The maximum Gasteiger partial charge on any atom is 0.343 e. The Morgan fingerprint density at radius 2 is 1.85 bits per heavy atom. The molecule has 2 aliphatic rings. The molecule has 0 radical (unpaired) electrons. The van der Waals surface area contributed by atoms with Gasteiger partial charge in [-0.15, -0.1) is 0 Å². The van der Waals surface area contributed by atoms with Gasteiger partial charge in [0.05, 0.1) is 43.2 Å². The first-order valence-electron chi connectivity index (χ1n) is 13.2. The highest BCUT2D eigenvalue weighted by Gasteiger charge is 2.45. The minimum atomic E-state index is -1.86. The first-order chi connectivity index (χ1) is 19.8. The number of nitrogens with zero attached hydrogens (tertiary/aromatic N) is 2. The summed E-state index contributed by atoms with van der Waals surface area (Å²) in [7, 11) is 3.18. The lowest BCUT2D eigenvalue weighted by molar-refractivity contribution is -0.172. The summed E-state index contributed by atoms with van der Waals surface area (Å²) in [5.41, 5.74) is 1.88. The van der Waals surface area contributed by atoms with Gasteiger partial charge in [-0.05, 0) is 48.9 Å². The molecule has 0 saturated carbocycles. The number of hydrogen-bond acceptors (Lipinski definition) is 9. The second kappa shape index (κ2) is 9.10. The van der Waals surface area contributed by atoms with Crippen LogP contribution in [-0.2, 0) is 34.9 Å². The van der Waals surface area contributed by atoms with Gasteiger partial charge in [0.2, 0.25) is 0 Å². The molecular formula is C31H26N2O8. The summed E-state index contributed by atoms with van der Waals surface area (Å²) in [6.07, 6.45) is 0.0955. The van der Waals surface area contributed by atoms with Crippen molar-refractivity contribution < 1.29 is 33.3 Å². The van der Waals surface area contributed by atoms with Crippen LogP contribution in [0.5, 0.6) is 17.2 Å². The molecule has 5 aromatic rings. The van der Waals surface area contributed by atoms with Crippen LogP contribution in [-0.4, -0.2) is 34.8 Å². The van der Waals surface area contributed by atoms with E-state index in [1.807, 2.05) is 36.4 Å². The lowest BCUT2D eigenvalue weighted by Gasteiger charge is -2.31. The monoisotopic (exact) mass is 554 g/mol. The molecule has 0 spiro atoms. The van der Waals surface area contributed by atoms with Crippen molar-refractivity contribution in [1.82, 2.24) is 9.55 Å². The number of pyridine rings is 2. The van der Waals surface area contributed by atoms with Gasteiger partial charge < -0.3 is 33.0 Å². The van der Waals surface area contributed by atoms with Crippen molar-refractivity contribution in [2.45, 2.75) is 38.7 Å². The molecule has 0 bridgehead atoms. The highest BCUT2D eigenvalue weighted by molar-refractivity contribution is 5.87. The number of furan rings is 1. The fraction of sp³-hybridized carbons (Fsp3) is 0.258. The maximum absolute atomic E-state index is 13.4. The number of carbonyl (C=O) groups is 1. The number of fused-ring (bicyclic) bond motifs is 6. The van der Waals surface area contributed by atoms with Gasteiger partial charge >= 0.3 is 5.97 Å². The van der Waals surface area contributed by atoms with E-state index in [0.29, 0.717) is 57.7 Å². The number of hydrogen-bond donors (Lipinski definition) is 1. The van der Waals surface area contributed by atoms with Gasteiger partial charge in [0.15, 0.2) is 16.9 Å². The van der Waals surface area contributed by atoms with Gasteiger partial charge in [-0.2, -0.15) is 0 Å². The van der Waals surface area contributed by atoms with Crippen molar-refractivity contribution in [3.8, 4) is 28.6 Å². The van der Waals surface area contributed by atoms with Crippen LogP contribution in [0.1, 0.15) is 35.8 Å². The molecule has 10 nitrogen and oxygen atoms in total. The van der Waals surface area contributed by atoms with Crippen LogP contribution in [0.25, 0.3) is 33.3 Å². The van der Waals surface area contributed by atoms with Gasteiger partial charge in [-0.1, -0.05) is 6.92 Å². The molecule has 0 fully saturated rings. The van der Waals surface area contributed by atoms with Gasteiger partial charge in [-0.25, -0.2) is 9.78 Å². The SMILES string of the molecule is CC[C@@]1(O)C(=O)OCc2c1cc1n(c2=O)Cc2cc3cc(OCc4cc5cc(OC)cc(OC)c5o4)ccc3nc2-1. The van der Waals surface area contributed by atoms with Crippen LogP contribution in [0.15, 0.2) is 57.7 Å². The molecule has 208 valence electrons. The molecule has 0 aliphatic carbocycles. The molecule has 5 heterocycles. The third-order valence-corrected chi connectivity index (χ3v) is 7.92. The predicted octanol–water partition coefficient (Wildman–Crippen LogP) is 4.42. The molecule has 10 heteroatoms. The van der Waals surface area contributed by atoms with Crippen molar-refractivity contribution in [3.05, 3.63) is 81.3 Å². The van der Waals surface area contributed by atoms with E-state index in [2.05, 4.69) is 0 Å². The van der Waals surface area contributed by atoms with Crippen LogP contribution >= 0.6 is 0 Å². The van der Waals surface area contributed by atoms with E-state index in [1.165, 1.54) is 0 Å². The summed E-state index contributed by atoms with van der Waals surface area (Å²) in [6.45, 7) is 2.06. The molecule has 3 aromatic heterocycles. The zero-order valence-corrected chi connectivity index (χ0v) is 22.6. The maximum atomic E-state index is 13.4. The van der Waals surface area contributed by atoms with Crippen LogP contribution in [0, 0.1) is 0 Å². The lowest BCUT2D eigenvalue weighted by Crippen LogP contribution is -2.44. The van der Waals surface area contributed by atoms with Crippen LogP contribution in [0.4, 0.5) is 0 Å². The van der Waals surface area contributed by atoms with E-state index in [9.17, 15) is 14.7 Å². The summed E-state index contributed by atoms with van der Waals surface area (Å²) < 4.78 is 29.6. The normalized spacial score (nSPS) is 17.2. The smallest absolute Gasteiger partial charge is 0.343 e. The van der Waals surface area contributed by atoms with Crippen molar-refractivity contribution >= 4 is 27.8 Å². The average molecular weight is 555 g/mol. The molecule has 1 atom stereocenters. The number of aromatic nitrogens is 2.